The summed E-state index contributed by atoms with van der Waals surface area (Å²) in [4.78, 5) is 28.4. The molecule has 0 amide bonds. The molecule has 0 aliphatic heterocycles. The maximum atomic E-state index is 11.9. The Morgan fingerprint density at radius 3 is 1.31 bits per heavy atom. The second kappa shape index (κ2) is 18.2. The monoisotopic (exact) mass is 462 g/mol. The van der Waals surface area contributed by atoms with E-state index in [9.17, 15) is 19.8 Å². The molecule has 0 rings (SSSR count). The highest BCUT2D eigenvalue weighted by Gasteiger charge is 2.33. The highest BCUT2D eigenvalue weighted by atomic mass is 16.6. The van der Waals surface area contributed by atoms with Crippen molar-refractivity contribution in [3.63, 3.8) is 0 Å². The van der Waals surface area contributed by atoms with E-state index in [0.29, 0.717) is 12.8 Å². The second-order valence-electron chi connectivity index (χ2n) is 8.01. The van der Waals surface area contributed by atoms with E-state index < -0.39 is 24.1 Å². The number of carbonyl (C=O) groups excluding carboxylic acids is 2. The smallest absolute Gasteiger partial charge is 0.338 e. The summed E-state index contributed by atoms with van der Waals surface area (Å²) in [6.45, 7) is 13.8. The Kier molecular flexibility index (Phi) is 17.4. The Hall–Kier alpha value is -1.30. The predicted octanol–water partition coefficient (Wildman–Crippen LogP) is -0.307. The fraction of sp³-hybridized carbons (Fsp3) is 0.909. The first kappa shape index (κ1) is 30.7. The fourth-order valence-electron chi connectivity index (χ4n) is 3.21. The highest BCUT2D eigenvalue weighted by Crippen LogP contribution is 2.05. The van der Waals surface area contributed by atoms with Gasteiger partial charge >= 0.3 is 11.9 Å². The zero-order valence-electron chi connectivity index (χ0n) is 20.4. The molecule has 0 aromatic rings. The molecule has 0 fully saturated rings. The fourth-order valence-corrected chi connectivity index (χ4v) is 3.21. The number of hydrogen-bond acceptors (Lipinski definition) is 10. The summed E-state index contributed by atoms with van der Waals surface area (Å²) in [5.74, 6) is -2.23. The van der Waals surface area contributed by atoms with Crippen LogP contribution in [-0.2, 0) is 19.1 Å². The molecular weight excluding hydrogens is 416 g/mol. The van der Waals surface area contributed by atoms with Crippen LogP contribution in [0.15, 0.2) is 0 Å². The molecule has 190 valence electrons. The molecule has 10 nitrogen and oxygen atoms in total. The third-order valence-corrected chi connectivity index (χ3v) is 5.55. The number of aliphatic hydroxyl groups excluding tert-OH is 2. The van der Waals surface area contributed by atoms with Gasteiger partial charge in [0.25, 0.3) is 0 Å². The summed E-state index contributed by atoms with van der Waals surface area (Å²) in [7, 11) is 0. The minimum absolute atomic E-state index is 0.104. The van der Waals surface area contributed by atoms with Crippen molar-refractivity contribution in [2.75, 3.05) is 52.5 Å². The van der Waals surface area contributed by atoms with Crippen molar-refractivity contribution in [2.24, 2.45) is 11.5 Å². The summed E-state index contributed by atoms with van der Waals surface area (Å²) < 4.78 is 9.89. The number of aliphatic hydroxyl groups is 2. The molecule has 0 saturated heterocycles. The molecule has 6 N–H and O–H groups in total. The lowest BCUT2D eigenvalue weighted by atomic mass is 10.1. The lowest BCUT2D eigenvalue weighted by molar-refractivity contribution is -0.173. The lowest BCUT2D eigenvalue weighted by Crippen LogP contribution is -2.44. The Labute approximate surface area is 193 Å². The third kappa shape index (κ3) is 13.3. The molecule has 0 radical (unpaired) electrons. The van der Waals surface area contributed by atoms with E-state index in [0.717, 1.165) is 52.1 Å². The van der Waals surface area contributed by atoms with Crippen LogP contribution in [0.1, 0.15) is 53.4 Å². The van der Waals surface area contributed by atoms with Gasteiger partial charge in [0.2, 0.25) is 0 Å². The maximum absolute atomic E-state index is 11.9. The van der Waals surface area contributed by atoms with E-state index in [1.54, 1.807) is 0 Å². The van der Waals surface area contributed by atoms with Gasteiger partial charge in [-0.15, -0.1) is 0 Å². The standard InChI is InChI=1S/C22H46N4O6/c1-5-25(6-2)13-9-11-17(23)15-31-21(29)19(27)20(28)22(30)32-16-18(24)12-10-14-26(7-3)8-4/h17-20,27-28H,5-16,23-24H2,1-4H3. The zero-order valence-corrected chi connectivity index (χ0v) is 20.4. The van der Waals surface area contributed by atoms with Crippen LogP contribution < -0.4 is 11.5 Å². The van der Waals surface area contributed by atoms with Crippen molar-refractivity contribution in [3.8, 4) is 0 Å². The van der Waals surface area contributed by atoms with E-state index in [1.165, 1.54) is 0 Å². The van der Waals surface area contributed by atoms with Gasteiger partial charge in [0, 0.05) is 12.1 Å². The van der Waals surface area contributed by atoms with Crippen LogP contribution in [-0.4, -0.2) is 109 Å². The number of ether oxygens (including phenoxy) is 2. The molecule has 0 saturated carbocycles. The van der Waals surface area contributed by atoms with Gasteiger partial charge in [-0.1, -0.05) is 27.7 Å². The molecule has 0 spiro atoms. The second-order valence-corrected chi connectivity index (χ2v) is 8.01. The Morgan fingerprint density at radius 2 is 1.03 bits per heavy atom. The topological polar surface area (TPSA) is 152 Å². The van der Waals surface area contributed by atoms with Crippen molar-refractivity contribution in [1.29, 1.82) is 0 Å². The average Bonchev–Trinajstić information content (AvgIpc) is 2.80. The Bertz CT molecular complexity index is 459. The van der Waals surface area contributed by atoms with Gasteiger partial charge < -0.3 is 41.0 Å². The van der Waals surface area contributed by atoms with Gasteiger partial charge in [-0.25, -0.2) is 9.59 Å². The van der Waals surface area contributed by atoms with Crippen LogP contribution in [0.5, 0.6) is 0 Å². The molecule has 32 heavy (non-hydrogen) atoms. The van der Waals surface area contributed by atoms with Crippen LogP contribution in [0.3, 0.4) is 0 Å². The number of hydrogen-bond donors (Lipinski definition) is 4. The maximum Gasteiger partial charge on any atom is 0.338 e. The summed E-state index contributed by atoms with van der Waals surface area (Å²) in [5.41, 5.74) is 11.9. The van der Waals surface area contributed by atoms with Crippen LogP contribution in [0.2, 0.25) is 0 Å². The van der Waals surface area contributed by atoms with Gasteiger partial charge in [-0.2, -0.15) is 0 Å². The van der Waals surface area contributed by atoms with Crippen LogP contribution >= 0.6 is 0 Å². The van der Waals surface area contributed by atoms with Crippen molar-refractivity contribution in [3.05, 3.63) is 0 Å². The number of nitrogens with two attached hydrogens (primary N) is 2. The Morgan fingerprint density at radius 1 is 0.719 bits per heavy atom. The van der Waals surface area contributed by atoms with Gasteiger partial charge in [0.05, 0.1) is 0 Å². The van der Waals surface area contributed by atoms with E-state index in [-0.39, 0.29) is 25.3 Å². The van der Waals surface area contributed by atoms with Crippen LogP contribution in [0.25, 0.3) is 0 Å². The average molecular weight is 463 g/mol. The Balaban J connectivity index is 4.17. The summed E-state index contributed by atoms with van der Waals surface area (Å²) >= 11 is 0. The molecule has 0 aliphatic rings. The zero-order chi connectivity index (χ0) is 24.5. The summed E-state index contributed by atoms with van der Waals surface area (Å²) in [6, 6.07) is -0.778. The van der Waals surface area contributed by atoms with Gasteiger partial charge in [0.1, 0.15) is 13.2 Å². The molecule has 0 bridgehead atoms. The van der Waals surface area contributed by atoms with Gasteiger partial charge in [-0.05, 0) is 65.0 Å². The largest absolute Gasteiger partial charge is 0.462 e. The minimum Gasteiger partial charge on any atom is -0.462 e. The first-order valence-electron chi connectivity index (χ1n) is 11.8. The minimum atomic E-state index is -2.04. The van der Waals surface area contributed by atoms with E-state index in [4.69, 9.17) is 20.9 Å². The normalized spacial score (nSPS) is 15.4. The summed E-state index contributed by atoms with van der Waals surface area (Å²) in [5, 5.41) is 19.8. The van der Waals surface area contributed by atoms with Crippen molar-refractivity contribution < 1.29 is 29.3 Å². The molecule has 0 aromatic heterocycles. The van der Waals surface area contributed by atoms with E-state index in [2.05, 4.69) is 37.5 Å². The number of esters is 2. The molecular formula is C22H46N4O6. The molecule has 4 atom stereocenters. The van der Waals surface area contributed by atoms with E-state index in [1.807, 2.05) is 0 Å². The predicted molar refractivity (Wildman–Crippen MR) is 124 cm³/mol. The van der Waals surface area contributed by atoms with Crippen LogP contribution in [0, 0.1) is 0 Å². The summed E-state index contributed by atoms with van der Waals surface area (Å²) in [6.07, 6.45) is -1.07. The number of rotatable bonds is 19. The van der Waals surface area contributed by atoms with Crippen molar-refractivity contribution in [1.82, 2.24) is 9.80 Å². The third-order valence-electron chi connectivity index (χ3n) is 5.55. The van der Waals surface area contributed by atoms with E-state index >= 15 is 0 Å². The van der Waals surface area contributed by atoms with Crippen LogP contribution in [0.4, 0.5) is 0 Å². The first-order valence-corrected chi connectivity index (χ1v) is 11.8. The lowest BCUT2D eigenvalue weighted by Gasteiger charge is -2.21. The molecule has 0 aliphatic carbocycles. The number of nitrogens with zero attached hydrogens (tertiary/aromatic N) is 2. The molecule has 4 unspecified atom stereocenters. The van der Waals surface area contributed by atoms with Crippen molar-refractivity contribution in [2.45, 2.75) is 77.7 Å². The number of carbonyl (C=O) groups is 2. The van der Waals surface area contributed by atoms with Gasteiger partial charge in [0.15, 0.2) is 12.2 Å². The molecule has 0 heterocycles. The van der Waals surface area contributed by atoms with Crippen molar-refractivity contribution >= 4 is 11.9 Å². The van der Waals surface area contributed by atoms with Gasteiger partial charge in [-0.3, -0.25) is 0 Å². The SMILES string of the molecule is CCN(CC)CCCC(N)COC(=O)C(O)C(O)C(=O)OCC(N)CCCN(CC)CC. The highest BCUT2D eigenvalue weighted by molar-refractivity contribution is 5.85. The quantitative estimate of drug-likeness (QED) is 0.188. The molecule has 10 heteroatoms. The molecule has 0 aromatic carbocycles. The first-order chi connectivity index (χ1) is 15.2.